The predicted octanol–water partition coefficient (Wildman–Crippen LogP) is 3.45. The quantitative estimate of drug-likeness (QED) is 0.598. The molecule has 0 aliphatic heterocycles. The number of nitrogens with zero attached hydrogens (tertiary/aromatic N) is 3. The van der Waals surface area contributed by atoms with Crippen molar-refractivity contribution in [2.24, 2.45) is 5.16 Å². The van der Waals surface area contributed by atoms with Crippen molar-refractivity contribution in [1.82, 2.24) is 9.97 Å². The SMILES string of the molecule is CC(=NOCc1ccc(C(F)(F)F)cc1)c1cnc(CCC(=O)O)nc1. The number of rotatable bonds is 7. The van der Waals surface area contributed by atoms with E-state index in [1.54, 1.807) is 6.92 Å². The molecule has 0 atom stereocenters. The van der Waals surface area contributed by atoms with Crippen LogP contribution in [0, 0.1) is 0 Å². The van der Waals surface area contributed by atoms with Gasteiger partial charge >= 0.3 is 12.1 Å². The van der Waals surface area contributed by atoms with Gasteiger partial charge in [0.2, 0.25) is 0 Å². The molecule has 9 heteroatoms. The first-order chi connectivity index (χ1) is 12.3. The van der Waals surface area contributed by atoms with Gasteiger partial charge in [-0.05, 0) is 24.6 Å². The summed E-state index contributed by atoms with van der Waals surface area (Å²) in [5.41, 5.74) is 0.911. The highest BCUT2D eigenvalue weighted by molar-refractivity contribution is 5.97. The maximum Gasteiger partial charge on any atom is 0.416 e. The molecule has 26 heavy (non-hydrogen) atoms. The van der Waals surface area contributed by atoms with Crippen LogP contribution in [0.4, 0.5) is 13.2 Å². The molecule has 0 bridgehead atoms. The summed E-state index contributed by atoms with van der Waals surface area (Å²) in [4.78, 5) is 23.8. The first-order valence-corrected chi connectivity index (χ1v) is 7.61. The molecule has 2 rings (SSSR count). The number of hydrogen-bond donors (Lipinski definition) is 1. The van der Waals surface area contributed by atoms with E-state index in [9.17, 15) is 18.0 Å². The molecule has 0 radical (unpaired) electrons. The van der Waals surface area contributed by atoms with Crippen LogP contribution in [0.1, 0.15) is 35.9 Å². The van der Waals surface area contributed by atoms with Crippen molar-refractivity contribution in [3.05, 3.63) is 59.2 Å². The maximum atomic E-state index is 12.5. The predicted molar refractivity (Wildman–Crippen MR) is 86.4 cm³/mol. The lowest BCUT2D eigenvalue weighted by atomic mass is 10.1. The Bertz CT molecular complexity index is 773. The Balaban J connectivity index is 1.90. The molecule has 0 spiro atoms. The molecule has 0 saturated carbocycles. The first-order valence-electron chi connectivity index (χ1n) is 7.61. The molecule has 1 aromatic carbocycles. The number of carboxylic acid groups (broad SMARTS) is 1. The molecule has 0 amide bonds. The van der Waals surface area contributed by atoms with E-state index in [1.165, 1.54) is 24.5 Å². The number of benzene rings is 1. The molecule has 1 N–H and O–H groups in total. The van der Waals surface area contributed by atoms with Gasteiger partial charge in [0.25, 0.3) is 0 Å². The summed E-state index contributed by atoms with van der Waals surface area (Å²) in [6.07, 6.45) is -1.18. The molecule has 0 aliphatic carbocycles. The average Bonchev–Trinajstić information content (AvgIpc) is 2.60. The van der Waals surface area contributed by atoms with Gasteiger partial charge in [0, 0.05) is 24.4 Å². The lowest BCUT2D eigenvalue weighted by Gasteiger charge is -2.07. The van der Waals surface area contributed by atoms with Gasteiger partial charge in [-0.1, -0.05) is 17.3 Å². The third kappa shape index (κ3) is 5.83. The summed E-state index contributed by atoms with van der Waals surface area (Å²) in [5, 5.41) is 12.5. The third-order valence-electron chi connectivity index (χ3n) is 3.40. The number of aliphatic carboxylic acids is 1. The summed E-state index contributed by atoms with van der Waals surface area (Å²) in [6.45, 7) is 1.69. The fourth-order valence-electron chi connectivity index (χ4n) is 1.94. The van der Waals surface area contributed by atoms with Crippen molar-refractivity contribution in [3.8, 4) is 0 Å². The number of oxime groups is 1. The summed E-state index contributed by atoms with van der Waals surface area (Å²) in [6, 6.07) is 4.62. The average molecular weight is 367 g/mol. The van der Waals surface area contributed by atoms with E-state index in [-0.39, 0.29) is 19.4 Å². The number of halogens is 3. The molecule has 0 saturated heterocycles. The standard InChI is InChI=1S/C17H16F3N3O3/c1-11(13-8-21-15(22-9-13)6-7-16(24)25)23-26-10-12-2-4-14(5-3-12)17(18,19)20/h2-5,8-9H,6-7,10H2,1H3,(H,24,25). The number of alkyl halides is 3. The Morgan fingerprint density at radius 2 is 1.81 bits per heavy atom. The van der Waals surface area contributed by atoms with Crippen molar-refractivity contribution < 1.29 is 27.9 Å². The maximum absolute atomic E-state index is 12.5. The highest BCUT2D eigenvalue weighted by Gasteiger charge is 2.29. The zero-order chi connectivity index (χ0) is 19.2. The van der Waals surface area contributed by atoms with E-state index in [0.717, 1.165) is 12.1 Å². The van der Waals surface area contributed by atoms with E-state index in [0.29, 0.717) is 22.7 Å². The van der Waals surface area contributed by atoms with Crippen LogP contribution in [0.5, 0.6) is 0 Å². The van der Waals surface area contributed by atoms with Gasteiger partial charge < -0.3 is 9.94 Å². The molecule has 0 fully saturated rings. The zero-order valence-corrected chi connectivity index (χ0v) is 13.8. The van der Waals surface area contributed by atoms with Crippen LogP contribution in [-0.2, 0) is 28.8 Å². The zero-order valence-electron chi connectivity index (χ0n) is 13.8. The topological polar surface area (TPSA) is 84.7 Å². The summed E-state index contributed by atoms with van der Waals surface area (Å²) in [5.74, 6) is -0.512. The molecule has 2 aromatic rings. The fraction of sp³-hybridized carbons (Fsp3) is 0.294. The van der Waals surface area contributed by atoms with Crippen LogP contribution >= 0.6 is 0 Å². The van der Waals surface area contributed by atoms with Gasteiger partial charge in [-0.15, -0.1) is 0 Å². The molecular formula is C17H16F3N3O3. The second-order valence-corrected chi connectivity index (χ2v) is 5.43. The Morgan fingerprint density at radius 3 is 2.35 bits per heavy atom. The summed E-state index contributed by atoms with van der Waals surface area (Å²) < 4.78 is 37.5. The van der Waals surface area contributed by atoms with Crippen molar-refractivity contribution in [3.63, 3.8) is 0 Å². The van der Waals surface area contributed by atoms with E-state index in [1.807, 2.05) is 0 Å². The van der Waals surface area contributed by atoms with Crippen LogP contribution in [0.3, 0.4) is 0 Å². The van der Waals surface area contributed by atoms with Crippen molar-refractivity contribution in [2.75, 3.05) is 0 Å². The molecule has 1 heterocycles. The Hall–Kier alpha value is -2.97. The largest absolute Gasteiger partial charge is 0.481 e. The molecule has 0 aliphatic rings. The summed E-state index contributed by atoms with van der Waals surface area (Å²) >= 11 is 0. The molecule has 0 unspecified atom stereocenters. The highest BCUT2D eigenvalue weighted by Crippen LogP contribution is 2.29. The second kappa shape index (κ2) is 8.41. The number of aryl methyl sites for hydroxylation is 1. The van der Waals surface area contributed by atoms with Crippen molar-refractivity contribution in [1.29, 1.82) is 0 Å². The Labute approximate surface area is 147 Å². The smallest absolute Gasteiger partial charge is 0.416 e. The van der Waals surface area contributed by atoms with Crippen LogP contribution < -0.4 is 0 Å². The highest BCUT2D eigenvalue weighted by atomic mass is 19.4. The molecular weight excluding hydrogens is 351 g/mol. The fourth-order valence-corrected chi connectivity index (χ4v) is 1.94. The van der Waals surface area contributed by atoms with Gasteiger partial charge in [-0.2, -0.15) is 13.2 Å². The van der Waals surface area contributed by atoms with Crippen LogP contribution in [0.2, 0.25) is 0 Å². The lowest BCUT2D eigenvalue weighted by molar-refractivity contribution is -0.138. The second-order valence-electron chi connectivity index (χ2n) is 5.43. The first kappa shape index (κ1) is 19.4. The van der Waals surface area contributed by atoms with E-state index < -0.39 is 17.7 Å². The Kier molecular flexibility index (Phi) is 6.26. The minimum atomic E-state index is -4.37. The number of aromatic nitrogens is 2. The van der Waals surface area contributed by atoms with Gasteiger partial charge in [-0.3, -0.25) is 4.79 Å². The number of carbonyl (C=O) groups is 1. The van der Waals surface area contributed by atoms with Crippen LogP contribution in [0.15, 0.2) is 41.8 Å². The number of carboxylic acids is 1. The van der Waals surface area contributed by atoms with Gasteiger partial charge in [0.15, 0.2) is 0 Å². The minimum absolute atomic E-state index is 0.0209. The van der Waals surface area contributed by atoms with Crippen LogP contribution in [-0.4, -0.2) is 26.8 Å². The Morgan fingerprint density at radius 1 is 1.19 bits per heavy atom. The lowest BCUT2D eigenvalue weighted by Crippen LogP contribution is -2.05. The van der Waals surface area contributed by atoms with Gasteiger partial charge in [0.1, 0.15) is 12.4 Å². The number of hydrogen-bond acceptors (Lipinski definition) is 5. The van der Waals surface area contributed by atoms with Crippen molar-refractivity contribution in [2.45, 2.75) is 32.5 Å². The molecule has 138 valence electrons. The van der Waals surface area contributed by atoms with E-state index in [2.05, 4.69) is 15.1 Å². The van der Waals surface area contributed by atoms with Gasteiger partial charge in [-0.25, -0.2) is 9.97 Å². The van der Waals surface area contributed by atoms with Crippen LogP contribution in [0.25, 0.3) is 0 Å². The third-order valence-corrected chi connectivity index (χ3v) is 3.40. The normalized spacial score (nSPS) is 12.1. The minimum Gasteiger partial charge on any atom is -0.481 e. The monoisotopic (exact) mass is 367 g/mol. The van der Waals surface area contributed by atoms with Crippen molar-refractivity contribution >= 4 is 11.7 Å². The van der Waals surface area contributed by atoms with E-state index >= 15 is 0 Å². The molecule has 6 nitrogen and oxygen atoms in total. The summed E-state index contributed by atoms with van der Waals surface area (Å²) in [7, 11) is 0. The molecule has 1 aromatic heterocycles. The van der Waals surface area contributed by atoms with E-state index in [4.69, 9.17) is 9.94 Å². The van der Waals surface area contributed by atoms with Gasteiger partial charge in [0.05, 0.1) is 17.7 Å².